The molecule has 0 aliphatic heterocycles. The Hall–Kier alpha value is -0.220. The van der Waals surface area contributed by atoms with Gasteiger partial charge in [-0.05, 0) is 31.1 Å². The van der Waals surface area contributed by atoms with E-state index in [0.717, 1.165) is 25.7 Å². The zero-order chi connectivity index (χ0) is 11.5. The Kier molecular flexibility index (Phi) is 4.46. The summed E-state index contributed by atoms with van der Waals surface area (Å²) in [6.07, 6.45) is 4.20. The molecule has 1 aliphatic carbocycles. The highest BCUT2D eigenvalue weighted by Gasteiger charge is 2.29. The van der Waals surface area contributed by atoms with E-state index in [1.54, 1.807) is 0 Å². The maximum Gasteiger partial charge on any atom is 0.324 e. The van der Waals surface area contributed by atoms with Gasteiger partial charge >= 0.3 is 5.97 Å². The summed E-state index contributed by atoms with van der Waals surface area (Å²) in [5, 5.41) is 0. The molecule has 0 saturated heterocycles. The smallest absolute Gasteiger partial charge is 0.324 e. The van der Waals surface area contributed by atoms with Gasteiger partial charge in [-0.25, -0.2) is 0 Å². The lowest BCUT2D eigenvalue weighted by Crippen LogP contribution is -2.38. The van der Waals surface area contributed by atoms with Gasteiger partial charge in [0.15, 0.2) is 0 Å². The topological polar surface area (TPSA) is 52.3 Å². The first-order valence-electron chi connectivity index (χ1n) is 5.51. The summed E-state index contributed by atoms with van der Waals surface area (Å²) in [6, 6.07) is -0.580. The van der Waals surface area contributed by atoms with Crippen LogP contribution in [0.2, 0.25) is 0 Å². The molecule has 2 N–H and O–H groups in total. The van der Waals surface area contributed by atoms with Crippen molar-refractivity contribution < 1.29 is 9.53 Å². The molecule has 88 valence electrons. The summed E-state index contributed by atoms with van der Waals surface area (Å²) in [4.78, 5) is 11.4. The van der Waals surface area contributed by atoms with Crippen LogP contribution < -0.4 is 5.73 Å². The van der Waals surface area contributed by atoms with Gasteiger partial charge in [-0.2, -0.15) is 12.6 Å². The van der Waals surface area contributed by atoms with Crippen molar-refractivity contribution in [2.75, 3.05) is 5.75 Å². The summed E-state index contributed by atoms with van der Waals surface area (Å²) >= 11 is 3.97. The zero-order valence-electron chi connectivity index (χ0n) is 9.53. The lowest BCUT2D eigenvalue weighted by molar-refractivity contribution is -0.152. The number of ether oxygens (including phenoxy) is 1. The lowest BCUT2D eigenvalue weighted by Gasteiger charge is -2.34. The van der Waals surface area contributed by atoms with E-state index < -0.39 is 6.04 Å². The lowest BCUT2D eigenvalue weighted by atomic mass is 9.76. The fraction of sp³-hybridized carbons (Fsp3) is 0.909. The molecule has 0 amide bonds. The minimum atomic E-state index is -0.580. The third kappa shape index (κ3) is 4.03. The molecule has 1 atom stereocenters. The fourth-order valence-electron chi connectivity index (χ4n) is 1.82. The van der Waals surface area contributed by atoms with Crippen molar-refractivity contribution in [1.29, 1.82) is 0 Å². The molecule has 3 nitrogen and oxygen atoms in total. The van der Waals surface area contributed by atoms with Crippen molar-refractivity contribution in [3.63, 3.8) is 0 Å². The van der Waals surface area contributed by atoms with E-state index in [0.29, 0.717) is 11.2 Å². The highest BCUT2D eigenvalue weighted by Crippen LogP contribution is 2.36. The van der Waals surface area contributed by atoms with Crippen LogP contribution in [0.15, 0.2) is 0 Å². The van der Waals surface area contributed by atoms with Crippen molar-refractivity contribution in [2.24, 2.45) is 11.1 Å². The molecule has 0 aromatic carbocycles. The Labute approximate surface area is 97.2 Å². The minimum Gasteiger partial charge on any atom is -0.461 e. The normalized spacial score (nSPS) is 23.5. The zero-order valence-corrected chi connectivity index (χ0v) is 10.4. The number of rotatable bonds is 3. The van der Waals surface area contributed by atoms with Gasteiger partial charge in [-0.3, -0.25) is 4.79 Å². The van der Waals surface area contributed by atoms with E-state index in [2.05, 4.69) is 26.5 Å². The van der Waals surface area contributed by atoms with E-state index >= 15 is 0 Å². The highest BCUT2D eigenvalue weighted by atomic mass is 32.1. The molecule has 1 saturated carbocycles. The molecule has 0 spiro atoms. The van der Waals surface area contributed by atoms with Gasteiger partial charge < -0.3 is 10.5 Å². The minimum absolute atomic E-state index is 0.0662. The molecule has 0 radical (unpaired) electrons. The predicted octanol–water partition coefficient (Wildman–Crippen LogP) is 1.76. The average Bonchev–Trinajstić information content (AvgIpc) is 2.20. The maximum absolute atomic E-state index is 11.4. The molecule has 0 aromatic heterocycles. The standard InChI is InChI=1S/C11H21NO2S/c1-11(2)5-3-8(4-6-11)14-10(13)9(12)7-15/h8-9,15H,3-7,12H2,1-2H3/t9-/m1/s1. The molecule has 1 rings (SSSR count). The van der Waals surface area contributed by atoms with Gasteiger partial charge in [-0.15, -0.1) is 0 Å². The van der Waals surface area contributed by atoms with Crippen LogP contribution in [-0.4, -0.2) is 23.9 Å². The molecule has 1 aliphatic rings. The van der Waals surface area contributed by atoms with Crippen molar-refractivity contribution in [1.82, 2.24) is 0 Å². The molecule has 1 fully saturated rings. The molecule has 0 bridgehead atoms. The van der Waals surface area contributed by atoms with E-state index in [1.165, 1.54) is 0 Å². The van der Waals surface area contributed by atoms with Gasteiger partial charge in [0.2, 0.25) is 0 Å². The molecule has 0 aromatic rings. The number of hydrogen-bond donors (Lipinski definition) is 2. The van der Waals surface area contributed by atoms with Gasteiger partial charge in [0.05, 0.1) is 0 Å². The quantitative estimate of drug-likeness (QED) is 0.575. The number of nitrogens with two attached hydrogens (primary N) is 1. The first-order valence-corrected chi connectivity index (χ1v) is 6.15. The summed E-state index contributed by atoms with van der Waals surface area (Å²) in [6.45, 7) is 4.51. The third-order valence-corrected chi connectivity index (χ3v) is 3.46. The van der Waals surface area contributed by atoms with Gasteiger partial charge in [0.1, 0.15) is 12.1 Å². The number of carbonyl (C=O) groups excluding carboxylic acids is 1. The van der Waals surface area contributed by atoms with Crippen LogP contribution in [0.3, 0.4) is 0 Å². The van der Waals surface area contributed by atoms with Crippen LogP contribution in [0.4, 0.5) is 0 Å². The van der Waals surface area contributed by atoms with Crippen LogP contribution >= 0.6 is 12.6 Å². The third-order valence-electron chi connectivity index (χ3n) is 3.07. The van der Waals surface area contributed by atoms with Crippen molar-refractivity contribution in [3.8, 4) is 0 Å². The van der Waals surface area contributed by atoms with E-state index in [-0.39, 0.29) is 12.1 Å². The second kappa shape index (κ2) is 5.21. The van der Waals surface area contributed by atoms with Gasteiger partial charge in [-0.1, -0.05) is 13.8 Å². The predicted molar refractivity (Wildman–Crippen MR) is 64.0 cm³/mol. The fourth-order valence-corrected chi connectivity index (χ4v) is 1.97. The molecule has 0 heterocycles. The van der Waals surface area contributed by atoms with Crippen LogP contribution in [0.5, 0.6) is 0 Å². The molecule has 0 unspecified atom stereocenters. The first kappa shape index (κ1) is 12.8. The van der Waals surface area contributed by atoms with Gasteiger partial charge in [0.25, 0.3) is 0 Å². The first-order chi connectivity index (χ1) is 6.94. The van der Waals surface area contributed by atoms with Crippen molar-refractivity contribution >= 4 is 18.6 Å². The highest BCUT2D eigenvalue weighted by molar-refractivity contribution is 7.80. The summed E-state index contributed by atoms with van der Waals surface area (Å²) in [5.41, 5.74) is 5.93. The maximum atomic E-state index is 11.4. The summed E-state index contributed by atoms with van der Waals surface area (Å²) < 4.78 is 5.32. The van der Waals surface area contributed by atoms with Crippen molar-refractivity contribution in [2.45, 2.75) is 51.7 Å². The number of thiol groups is 1. The Morgan fingerprint density at radius 3 is 2.53 bits per heavy atom. The average molecular weight is 231 g/mol. The van der Waals surface area contributed by atoms with E-state index in [4.69, 9.17) is 10.5 Å². The molecule has 4 heteroatoms. The van der Waals surface area contributed by atoms with E-state index in [1.807, 2.05) is 0 Å². The SMILES string of the molecule is CC1(C)CCC(OC(=O)[C@H](N)CS)CC1. The van der Waals surface area contributed by atoms with Crippen LogP contribution in [0.25, 0.3) is 0 Å². The Morgan fingerprint density at radius 1 is 1.53 bits per heavy atom. The Bertz CT molecular complexity index is 221. The van der Waals surface area contributed by atoms with Crippen LogP contribution in [0, 0.1) is 5.41 Å². The summed E-state index contributed by atoms with van der Waals surface area (Å²) in [5.74, 6) is 0.0338. The molecular weight excluding hydrogens is 210 g/mol. The van der Waals surface area contributed by atoms with Crippen molar-refractivity contribution in [3.05, 3.63) is 0 Å². The second-order valence-electron chi connectivity index (χ2n) is 5.09. The molecular formula is C11H21NO2S. The number of esters is 1. The van der Waals surface area contributed by atoms with Crippen LogP contribution in [-0.2, 0) is 9.53 Å². The monoisotopic (exact) mass is 231 g/mol. The Balaban J connectivity index is 2.33. The largest absolute Gasteiger partial charge is 0.461 e. The number of hydrogen-bond acceptors (Lipinski definition) is 4. The molecule has 15 heavy (non-hydrogen) atoms. The summed E-state index contributed by atoms with van der Waals surface area (Å²) in [7, 11) is 0. The van der Waals surface area contributed by atoms with E-state index in [9.17, 15) is 4.79 Å². The number of carbonyl (C=O) groups is 1. The van der Waals surface area contributed by atoms with Crippen LogP contribution in [0.1, 0.15) is 39.5 Å². The Morgan fingerprint density at radius 2 is 2.07 bits per heavy atom. The van der Waals surface area contributed by atoms with Gasteiger partial charge in [0, 0.05) is 5.75 Å². The second-order valence-corrected chi connectivity index (χ2v) is 5.45.